The number of carbonyl (C=O) groups is 3. The molecule has 3 rings (SSSR count). The molecule has 8 heteroatoms. The molecular weight excluding hydrogens is 390 g/mol. The standard InChI is InChI=1S/C21H17N3O4S/c1-24-16-9-5-6-10-18(16)29-21(24)15(11-22)17(25)13-28-19(26)12-23-20(27)14-7-3-2-4-8-14/h2-10H,12-13H2,1H3,(H,23,27)/b21-15-. The molecule has 1 heterocycles. The van der Waals surface area contributed by atoms with Crippen LogP contribution in [0.1, 0.15) is 10.4 Å². The Bertz CT molecular complexity index is 1030. The van der Waals surface area contributed by atoms with Crippen molar-refractivity contribution >= 4 is 35.1 Å². The minimum Gasteiger partial charge on any atom is -0.456 e. The molecule has 0 radical (unpaired) electrons. The predicted octanol–water partition coefficient (Wildman–Crippen LogP) is 2.51. The number of ether oxygens (including phenoxy) is 1. The molecule has 0 aromatic heterocycles. The topological polar surface area (TPSA) is 99.5 Å². The number of rotatable bonds is 6. The minimum absolute atomic E-state index is 0.0742. The molecule has 0 spiro atoms. The summed E-state index contributed by atoms with van der Waals surface area (Å²) in [6.45, 7) is -0.948. The minimum atomic E-state index is -0.763. The first-order valence-electron chi connectivity index (χ1n) is 8.68. The van der Waals surface area contributed by atoms with E-state index in [1.165, 1.54) is 11.8 Å². The summed E-state index contributed by atoms with van der Waals surface area (Å²) in [4.78, 5) is 38.9. The second-order valence-corrected chi connectivity index (χ2v) is 7.08. The van der Waals surface area contributed by atoms with Crippen LogP contribution in [0.5, 0.6) is 0 Å². The van der Waals surface area contributed by atoms with Gasteiger partial charge in [0.2, 0.25) is 5.78 Å². The Morgan fingerprint density at radius 2 is 1.79 bits per heavy atom. The number of Topliss-reactive ketones (excluding diaryl/α,β-unsaturated/α-hetero) is 1. The fourth-order valence-electron chi connectivity index (χ4n) is 2.66. The molecule has 0 fully saturated rings. The zero-order chi connectivity index (χ0) is 20.8. The molecule has 7 nitrogen and oxygen atoms in total. The van der Waals surface area contributed by atoms with Crippen molar-refractivity contribution in [1.82, 2.24) is 5.32 Å². The molecule has 0 bridgehead atoms. The van der Waals surface area contributed by atoms with Crippen molar-refractivity contribution in [2.75, 3.05) is 25.1 Å². The molecule has 0 saturated carbocycles. The fourth-order valence-corrected chi connectivity index (χ4v) is 3.83. The maximum Gasteiger partial charge on any atom is 0.325 e. The van der Waals surface area contributed by atoms with Gasteiger partial charge in [0.15, 0.2) is 6.61 Å². The molecule has 0 atom stereocenters. The number of thioether (sulfide) groups is 1. The second kappa shape index (κ2) is 9.08. The Labute approximate surface area is 172 Å². The van der Waals surface area contributed by atoms with Crippen molar-refractivity contribution in [1.29, 1.82) is 5.26 Å². The Morgan fingerprint density at radius 3 is 2.48 bits per heavy atom. The molecule has 146 valence electrons. The Morgan fingerprint density at radius 1 is 1.10 bits per heavy atom. The summed E-state index contributed by atoms with van der Waals surface area (Å²) >= 11 is 1.32. The summed E-state index contributed by atoms with van der Waals surface area (Å²) in [5.41, 5.74) is 1.23. The molecule has 2 aromatic carbocycles. The van der Waals surface area contributed by atoms with Gasteiger partial charge in [0.1, 0.15) is 23.2 Å². The van der Waals surface area contributed by atoms with Crippen molar-refractivity contribution < 1.29 is 19.1 Å². The van der Waals surface area contributed by atoms with Crippen molar-refractivity contribution in [3.05, 3.63) is 70.8 Å². The molecule has 29 heavy (non-hydrogen) atoms. The van der Waals surface area contributed by atoms with Crippen LogP contribution in [0, 0.1) is 11.3 Å². The van der Waals surface area contributed by atoms with E-state index in [9.17, 15) is 19.6 Å². The van der Waals surface area contributed by atoms with Gasteiger partial charge in [-0.25, -0.2) is 0 Å². The van der Waals surface area contributed by atoms with Gasteiger partial charge in [-0.1, -0.05) is 42.1 Å². The lowest BCUT2D eigenvalue weighted by Crippen LogP contribution is -2.31. The number of nitrogens with zero attached hydrogens (tertiary/aromatic N) is 2. The summed E-state index contributed by atoms with van der Waals surface area (Å²) in [5, 5.41) is 12.4. The van der Waals surface area contributed by atoms with Crippen LogP contribution in [0.4, 0.5) is 5.69 Å². The molecule has 1 aliphatic rings. The molecule has 1 amide bonds. The molecule has 0 aliphatic carbocycles. The van der Waals surface area contributed by atoms with Crippen LogP contribution < -0.4 is 10.2 Å². The van der Waals surface area contributed by atoms with Crippen LogP contribution in [0.3, 0.4) is 0 Å². The first kappa shape index (κ1) is 20.2. The molecule has 1 aliphatic heterocycles. The highest BCUT2D eigenvalue weighted by atomic mass is 32.2. The van der Waals surface area contributed by atoms with Crippen LogP contribution in [0.25, 0.3) is 0 Å². The van der Waals surface area contributed by atoms with E-state index in [-0.39, 0.29) is 12.1 Å². The summed E-state index contributed by atoms with van der Waals surface area (Å²) in [7, 11) is 1.77. The van der Waals surface area contributed by atoms with Crippen molar-refractivity contribution in [2.45, 2.75) is 4.90 Å². The third-order valence-corrected chi connectivity index (χ3v) is 5.37. The third kappa shape index (κ3) is 4.65. The normalized spacial score (nSPS) is 13.9. The average molecular weight is 407 g/mol. The maximum atomic E-state index is 12.4. The van der Waals surface area contributed by atoms with Gasteiger partial charge in [-0.05, 0) is 24.3 Å². The number of esters is 1. The zero-order valence-electron chi connectivity index (χ0n) is 15.5. The number of amides is 1. The van der Waals surface area contributed by atoms with E-state index in [1.54, 1.807) is 42.3 Å². The highest BCUT2D eigenvalue weighted by molar-refractivity contribution is 8.03. The number of nitriles is 1. The number of nitrogens with one attached hydrogen (secondary N) is 1. The van der Waals surface area contributed by atoms with E-state index in [0.717, 1.165) is 10.6 Å². The third-order valence-electron chi connectivity index (χ3n) is 4.14. The van der Waals surface area contributed by atoms with Gasteiger partial charge in [0, 0.05) is 17.5 Å². The maximum absolute atomic E-state index is 12.4. The van der Waals surface area contributed by atoms with Gasteiger partial charge < -0.3 is 15.0 Å². The number of anilines is 1. The molecule has 2 aromatic rings. The van der Waals surface area contributed by atoms with E-state index in [4.69, 9.17) is 4.74 Å². The lowest BCUT2D eigenvalue weighted by molar-refractivity contribution is -0.145. The molecule has 1 N–H and O–H groups in total. The number of ketones is 1. The quantitative estimate of drug-likeness (QED) is 0.446. The monoisotopic (exact) mass is 407 g/mol. The van der Waals surface area contributed by atoms with Gasteiger partial charge in [-0.2, -0.15) is 5.26 Å². The lowest BCUT2D eigenvalue weighted by atomic mass is 10.2. The summed E-state index contributed by atoms with van der Waals surface area (Å²) in [5.74, 6) is -1.78. The van der Waals surface area contributed by atoms with E-state index in [1.807, 2.05) is 30.3 Å². The zero-order valence-corrected chi connectivity index (χ0v) is 16.4. The summed E-state index contributed by atoms with van der Waals surface area (Å²) in [6, 6.07) is 17.9. The van der Waals surface area contributed by atoms with Gasteiger partial charge in [-0.3, -0.25) is 14.4 Å². The molecular formula is C21H17N3O4S. The molecule has 0 unspecified atom stereocenters. The number of benzene rings is 2. The van der Waals surface area contributed by atoms with Gasteiger partial charge in [-0.15, -0.1) is 0 Å². The van der Waals surface area contributed by atoms with Crippen molar-refractivity contribution in [2.24, 2.45) is 0 Å². The van der Waals surface area contributed by atoms with Crippen LogP contribution in [-0.2, 0) is 14.3 Å². The number of hydrogen-bond acceptors (Lipinski definition) is 7. The Balaban J connectivity index is 1.56. The van der Waals surface area contributed by atoms with Crippen LogP contribution in [0.15, 0.2) is 70.1 Å². The number of hydrogen-bond donors (Lipinski definition) is 1. The average Bonchev–Trinajstić information content (AvgIpc) is 3.08. The largest absolute Gasteiger partial charge is 0.456 e. The number of carbonyl (C=O) groups excluding carboxylic acids is 3. The van der Waals surface area contributed by atoms with E-state index >= 15 is 0 Å². The second-order valence-electron chi connectivity index (χ2n) is 6.05. The van der Waals surface area contributed by atoms with Crippen molar-refractivity contribution in [3.63, 3.8) is 0 Å². The van der Waals surface area contributed by atoms with Crippen molar-refractivity contribution in [3.8, 4) is 6.07 Å². The van der Waals surface area contributed by atoms with Crippen LogP contribution in [0.2, 0.25) is 0 Å². The van der Waals surface area contributed by atoms with E-state index in [2.05, 4.69) is 5.32 Å². The SMILES string of the molecule is CN1/C(=C(\C#N)C(=O)COC(=O)CNC(=O)c2ccccc2)Sc2ccccc21. The van der Waals surface area contributed by atoms with Gasteiger partial charge >= 0.3 is 5.97 Å². The highest BCUT2D eigenvalue weighted by Gasteiger charge is 2.28. The van der Waals surface area contributed by atoms with Gasteiger partial charge in [0.25, 0.3) is 5.91 Å². The van der Waals surface area contributed by atoms with E-state index < -0.39 is 24.3 Å². The highest BCUT2D eigenvalue weighted by Crippen LogP contribution is 2.46. The lowest BCUT2D eigenvalue weighted by Gasteiger charge is -2.14. The van der Waals surface area contributed by atoms with Crippen LogP contribution >= 0.6 is 11.8 Å². The first-order valence-corrected chi connectivity index (χ1v) is 9.50. The fraction of sp³-hybridized carbons (Fsp3) is 0.143. The summed E-state index contributed by atoms with van der Waals surface area (Å²) < 4.78 is 4.93. The predicted molar refractivity (Wildman–Crippen MR) is 108 cm³/mol. The summed E-state index contributed by atoms with van der Waals surface area (Å²) in [6.07, 6.45) is 0. The molecule has 0 saturated heterocycles. The number of fused-ring (bicyclic) bond motifs is 1. The van der Waals surface area contributed by atoms with Crippen LogP contribution in [-0.4, -0.2) is 37.9 Å². The smallest absolute Gasteiger partial charge is 0.325 e. The van der Waals surface area contributed by atoms with Gasteiger partial charge in [0.05, 0.1) is 5.69 Å². The number of para-hydroxylation sites is 1. The Kier molecular flexibility index (Phi) is 6.32. The first-order chi connectivity index (χ1) is 14.0. The Hall–Kier alpha value is -3.57. The van der Waals surface area contributed by atoms with E-state index in [0.29, 0.717) is 10.6 Å².